The van der Waals surface area contributed by atoms with Gasteiger partial charge in [-0.25, -0.2) is 15.0 Å². The molecule has 32 heavy (non-hydrogen) atoms. The largest absolute Gasteiger partial charge is 0.470 e. The van der Waals surface area contributed by atoms with Gasteiger partial charge >= 0.3 is 6.01 Å². The predicted octanol–water partition coefficient (Wildman–Crippen LogP) is 4.69. The minimum absolute atomic E-state index is 0.253. The number of fused-ring (bicyclic) bond motifs is 1. The number of anilines is 1. The quantitative estimate of drug-likeness (QED) is 0.388. The number of ether oxygens (including phenoxy) is 1. The van der Waals surface area contributed by atoms with Gasteiger partial charge in [-0.1, -0.05) is 30.3 Å². The van der Waals surface area contributed by atoms with Gasteiger partial charge in [0.15, 0.2) is 5.82 Å². The molecule has 4 aromatic rings. The molecule has 1 saturated heterocycles. The van der Waals surface area contributed by atoms with Crippen LogP contribution in [0.3, 0.4) is 0 Å². The highest BCUT2D eigenvalue weighted by Gasteiger charge is 2.24. The van der Waals surface area contributed by atoms with Crippen molar-refractivity contribution >= 4 is 27.7 Å². The fourth-order valence-corrected chi connectivity index (χ4v) is 4.45. The number of aromatic nitrogens is 5. The van der Waals surface area contributed by atoms with Crippen molar-refractivity contribution in [2.45, 2.75) is 32.6 Å². The summed E-state index contributed by atoms with van der Waals surface area (Å²) >= 11 is 1.40. The average molecular weight is 455 g/mol. The molecule has 0 bridgehead atoms. The molecular formula is C22H23FN6O2S. The van der Waals surface area contributed by atoms with Gasteiger partial charge in [-0.3, -0.25) is 0 Å². The van der Waals surface area contributed by atoms with Crippen LogP contribution in [-0.2, 0) is 0 Å². The third-order valence-electron chi connectivity index (χ3n) is 5.53. The number of nitrogens with zero attached hydrogens (tertiary/aromatic N) is 6. The minimum atomic E-state index is -0.525. The Bertz CT molecular complexity index is 1220. The summed E-state index contributed by atoms with van der Waals surface area (Å²) in [5, 5.41) is 4.65. The lowest BCUT2D eigenvalue weighted by atomic mass is 9.98. The molecule has 1 aliphatic heterocycles. The van der Waals surface area contributed by atoms with Crippen LogP contribution in [0.5, 0.6) is 5.19 Å². The molecule has 1 aliphatic rings. The van der Waals surface area contributed by atoms with Crippen molar-refractivity contribution in [2.24, 2.45) is 5.92 Å². The topological polar surface area (TPSA) is 90.1 Å². The fraction of sp³-hybridized carbons (Fsp3) is 0.409. The molecule has 0 spiro atoms. The first-order valence-corrected chi connectivity index (χ1v) is 11.5. The van der Waals surface area contributed by atoms with Gasteiger partial charge in [-0.15, -0.1) is 0 Å². The lowest BCUT2D eigenvalue weighted by Gasteiger charge is -2.30. The zero-order chi connectivity index (χ0) is 22.1. The van der Waals surface area contributed by atoms with E-state index in [0.29, 0.717) is 35.0 Å². The molecule has 5 rings (SSSR count). The van der Waals surface area contributed by atoms with E-state index in [0.717, 1.165) is 42.1 Å². The Morgan fingerprint density at radius 1 is 1.19 bits per heavy atom. The third kappa shape index (κ3) is 4.40. The summed E-state index contributed by atoms with van der Waals surface area (Å²) in [5.41, 5.74) is 2.14. The Hall–Kier alpha value is -3.14. The second kappa shape index (κ2) is 8.78. The van der Waals surface area contributed by atoms with Crippen LogP contribution in [0.15, 0.2) is 35.0 Å². The monoisotopic (exact) mass is 454 g/mol. The summed E-state index contributed by atoms with van der Waals surface area (Å²) in [6, 6.07) is 7.43. The number of rotatable bonds is 6. The van der Waals surface area contributed by atoms with E-state index in [9.17, 15) is 4.39 Å². The van der Waals surface area contributed by atoms with Crippen molar-refractivity contribution in [3.8, 4) is 16.5 Å². The molecule has 10 heteroatoms. The van der Waals surface area contributed by atoms with Gasteiger partial charge in [0.25, 0.3) is 5.19 Å². The zero-order valence-corrected chi connectivity index (χ0v) is 18.7. The maximum Gasteiger partial charge on any atom is 0.324 e. The van der Waals surface area contributed by atoms with Crippen LogP contribution in [0.1, 0.15) is 38.4 Å². The second-order valence-corrected chi connectivity index (χ2v) is 9.14. The molecule has 0 N–H and O–H groups in total. The lowest BCUT2D eigenvalue weighted by Crippen LogP contribution is -2.35. The number of hydrogen-bond donors (Lipinski definition) is 0. The van der Waals surface area contributed by atoms with Crippen molar-refractivity contribution in [1.29, 1.82) is 0 Å². The van der Waals surface area contributed by atoms with Gasteiger partial charge in [0.05, 0.1) is 12.3 Å². The maximum atomic E-state index is 13.4. The Balaban J connectivity index is 1.18. The van der Waals surface area contributed by atoms with Crippen molar-refractivity contribution in [3.63, 3.8) is 0 Å². The molecule has 0 aromatic carbocycles. The van der Waals surface area contributed by atoms with E-state index >= 15 is 0 Å². The molecule has 166 valence electrons. The summed E-state index contributed by atoms with van der Waals surface area (Å²) in [4.78, 5) is 20.1. The molecular weight excluding hydrogens is 431 g/mol. The van der Waals surface area contributed by atoms with Gasteiger partial charge in [-0.05, 0) is 37.0 Å². The Labute approximate surface area is 188 Å². The van der Waals surface area contributed by atoms with Gasteiger partial charge in [0, 0.05) is 36.8 Å². The molecule has 0 unspecified atom stereocenters. The van der Waals surface area contributed by atoms with Gasteiger partial charge in [0.2, 0.25) is 5.95 Å². The van der Waals surface area contributed by atoms with Crippen LogP contribution in [-0.4, -0.2) is 44.8 Å². The first-order valence-electron chi connectivity index (χ1n) is 10.7. The van der Waals surface area contributed by atoms with Crippen molar-refractivity contribution in [3.05, 3.63) is 42.2 Å². The molecule has 0 aliphatic carbocycles. The first kappa shape index (κ1) is 20.7. The summed E-state index contributed by atoms with van der Waals surface area (Å²) in [7, 11) is 0. The van der Waals surface area contributed by atoms with E-state index < -0.39 is 5.95 Å². The number of halogens is 1. The smallest absolute Gasteiger partial charge is 0.324 e. The van der Waals surface area contributed by atoms with Crippen LogP contribution < -0.4 is 9.64 Å². The van der Waals surface area contributed by atoms with Crippen LogP contribution >= 0.6 is 11.3 Å². The van der Waals surface area contributed by atoms with Crippen LogP contribution in [0.25, 0.3) is 21.6 Å². The fourth-order valence-electron chi connectivity index (χ4n) is 3.65. The SMILES string of the molecule is CC(C)c1noc(N2CCC(COc3nc4ccc(-c5ccnc(F)c5)nc4s3)CC2)n1. The molecule has 8 nitrogen and oxygen atoms in total. The standard InChI is InChI=1S/C22H23FN6O2S/c1-13(2)19-27-21(31-28-19)29-9-6-14(7-10-29)12-30-22-26-17-4-3-16(25-20(17)32-22)15-5-8-24-18(23)11-15/h3-5,8,11,13-14H,6-7,9-10,12H2,1-2H3. The maximum absolute atomic E-state index is 13.4. The van der Waals surface area contributed by atoms with E-state index in [1.54, 1.807) is 6.07 Å². The summed E-state index contributed by atoms with van der Waals surface area (Å²) in [6.45, 7) is 6.43. The number of pyridine rings is 2. The van der Waals surface area contributed by atoms with Crippen LogP contribution in [0, 0.1) is 11.9 Å². The lowest BCUT2D eigenvalue weighted by molar-refractivity contribution is 0.219. The molecule has 5 heterocycles. The summed E-state index contributed by atoms with van der Waals surface area (Å²) in [5.74, 6) is 0.910. The summed E-state index contributed by atoms with van der Waals surface area (Å²) < 4.78 is 24.8. The van der Waals surface area contributed by atoms with E-state index in [1.165, 1.54) is 23.6 Å². The number of piperidine rings is 1. The predicted molar refractivity (Wildman–Crippen MR) is 119 cm³/mol. The highest BCUT2D eigenvalue weighted by Crippen LogP contribution is 2.30. The van der Waals surface area contributed by atoms with Crippen molar-refractivity contribution in [2.75, 3.05) is 24.6 Å². The van der Waals surface area contributed by atoms with Crippen LogP contribution in [0.2, 0.25) is 0 Å². The molecule has 1 fully saturated rings. The second-order valence-electron chi connectivity index (χ2n) is 8.20. The molecule has 0 saturated carbocycles. The highest BCUT2D eigenvalue weighted by atomic mass is 32.1. The summed E-state index contributed by atoms with van der Waals surface area (Å²) in [6.07, 6.45) is 3.41. The van der Waals surface area contributed by atoms with Gasteiger partial charge < -0.3 is 14.2 Å². The van der Waals surface area contributed by atoms with E-state index in [4.69, 9.17) is 9.26 Å². The highest BCUT2D eigenvalue weighted by molar-refractivity contribution is 7.19. The minimum Gasteiger partial charge on any atom is -0.470 e. The number of hydrogen-bond acceptors (Lipinski definition) is 9. The van der Waals surface area contributed by atoms with E-state index in [-0.39, 0.29) is 5.92 Å². The Kier molecular flexibility index (Phi) is 5.69. The van der Waals surface area contributed by atoms with Crippen LogP contribution in [0.4, 0.5) is 10.4 Å². The molecule has 4 aromatic heterocycles. The van der Waals surface area contributed by atoms with E-state index in [1.807, 2.05) is 12.1 Å². The van der Waals surface area contributed by atoms with Gasteiger partial charge in [-0.2, -0.15) is 9.37 Å². The molecule has 0 radical (unpaired) electrons. The first-order chi connectivity index (χ1) is 15.5. The number of thiazole rings is 1. The van der Waals surface area contributed by atoms with Crippen molar-refractivity contribution < 1.29 is 13.7 Å². The van der Waals surface area contributed by atoms with Gasteiger partial charge in [0.1, 0.15) is 10.3 Å². The Morgan fingerprint density at radius 3 is 2.78 bits per heavy atom. The zero-order valence-electron chi connectivity index (χ0n) is 17.9. The normalized spacial score (nSPS) is 15.1. The third-order valence-corrected chi connectivity index (χ3v) is 6.41. The molecule has 0 atom stereocenters. The van der Waals surface area contributed by atoms with Crippen molar-refractivity contribution in [1.82, 2.24) is 25.1 Å². The molecule has 0 amide bonds. The van der Waals surface area contributed by atoms with E-state index in [2.05, 4.69) is 43.8 Å². The Morgan fingerprint density at radius 2 is 2.03 bits per heavy atom. The average Bonchev–Trinajstić information content (AvgIpc) is 3.45.